The average Bonchev–Trinajstić information content (AvgIpc) is 2.88. The quantitative estimate of drug-likeness (QED) is 0.697. The first kappa shape index (κ1) is 12.7. The Labute approximate surface area is 111 Å². The van der Waals surface area contributed by atoms with Crippen LogP contribution >= 0.6 is 0 Å². The molecule has 2 bridgehead atoms. The van der Waals surface area contributed by atoms with E-state index in [2.05, 4.69) is 5.32 Å². The van der Waals surface area contributed by atoms with E-state index in [4.69, 9.17) is 5.11 Å². The van der Waals surface area contributed by atoms with Gasteiger partial charge in [-0.2, -0.15) is 0 Å². The molecule has 3 fully saturated rings. The number of aliphatic carboxylic acids is 1. The van der Waals surface area contributed by atoms with Crippen LogP contribution in [0, 0.1) is 5.92 Å². The van der Waals surface area contributed by atoms with Gasteiger partial charge < -0.3 is 20.4 Å². The normalized spacial score (nSPS) is 40.1. The molecular weight excluding hydrogens is 248 g/mol. The van der Waals surface area contributed by atoms with E-state index in [-0.39, 0.29) is 36.2 Å². The zero-order chi connectivity index (χ0) is 13.6. The lowest BCUT2D eigenvalue weighted by Gasteiger charge is -2.38. The zero-order valence-corrected chi connectivity index (χ0v) is 10.8. The molecule has 0 atom stereocenters. The number of amides is 2. The minimum absolute atomic E-state index is 0.0238. The number of fused-ring (bicyclic) bond motifs is 2. The van der Waals surface area contributed by atoms with E-state index in [0.29, 0.717) is 12.8 Å². The minimum atomic E-state index is -0.779. The zero-order valence-electron chi connectivity index (χ0n) is 10.8. The van der Waals surface area contributed by atoms with Crippen LogP contribution in [0.3, 0.4) is 0 Å². The summed E-state index contributed by atoms with van der Waals surface area (Å²) in [6.07, 6.45) is 4.73. The molecule has 6 nitrogen and oxygen atoms in total. The van der Waals surface area contributed by atoms with Gasteiger partial charge in [0.15, 0.2) is 0 Å². The highest BCUT2D eigenvalue weighted by Gasteiger charge is 2.54. The molecule has 3 aliphatic rings. The summed E-state index contributed by atoms with van der Waals surface area (Å²) in [7, 11) is 0. The summed E-state index contributed by atoms with van der Waals surface area (Å²) in [4.78, 5) is 24.9. The van der Waals surface area contributed by atoms with Crippen LogP contribution < -0.4 is 5.32 Å². The third-order valence-electron chi connectivity index (χ3n) is 5.09. The van der Waals surface area contributed by atoms with E-state index in [1.54, 1.807) is 0 Å². The first-order valence-corrected chi connectivity index (χ1v) is 6.99. The predicted molar refractivity (Wildman–Crippen MR) is 66.6 cm³/mol. The lowest BCUT2D eigenvalue weighted by atomic mass is 9.80. The van der Waals surface area contributed by atoms with Crippen LogP contribution in [0.25, 0.3) is 0 Å². The maximum atomic E-state index is 12.3. The summed E-state index contributed by atoms with van der Waals surface area (Å²) < 4.78 is 0. The SMILES string of the molecule is O=C(O)C1CC(NC(=O)N2C3CCC2(CO)CC3)C1. The van der Waals surface area contributed by atoms with Gasteiger partial charge in [-0.3, -0.25) is 4.79 Å². The molecule has 3 N–H and O–H groups in total. The molecule has 6 heteroatoms. The van der Waals surface area contributed by atoms with Crippen molar-refractivity contribution in [3.8, 4) is 0 Å². The molecule has 2 amide bonds. The summed E-state index contributed by atoms with van der Waals surface area (Å²) >= 11 is 0. The van der Waals surface area contributed by atoms with Gasteiger partial charge >= 0.3 is 12.0 Å². The van der Waals surface area contributed by atoms with Gasteiger partial charge in [0.25, 0.3) is 0 Å². The van der Waals surface area contributed by atoms with Gasteiger partial charge in [-0.1, -0.05) is 0 Å². The predicted octanol–water partition coefficient (Wildman–Crippen LogP) is 0.548. The van der Waals surface area contributed by atoms with Crippen molar-refractivity contribution in [3.63, 3.8) is 0 Å². The van der Waals surface area contributed by atoms with Crippen LogP contribution in [0.1, 0.15) is 38.5 Å². The van der Waals surface area contributed by atoms with Crippen LogP contribution in [0.5, 0.6) is 0 Å². The highest BCUT2D eigenvalue weighted by atomic mass is 16.4. The van der Waals surface area contributed by atoms with Crippen molar-refractivity contribution in [1.29, 1.82) is 0 Å². The van der Waals surface area contributed by atoms with E-state index in [1.165, 1.54) is 0 Å². The maximum absolute atomic E-state index is 12.3. The molecule has 1 aliphatic carbocycles. The smallest absolute Gasteiger partial charge is 0.318 e. The molecule has 0 aromatic rings. The van der Waals surface area contributed by atoms with E-state index < -0.39 is 5.97 Å². The van der Waals surface area contributed by atoms with Crippen LogP contribution in [-0.2, 0) is 4.79 Å². The Bertz CT molecular complexity index is 397. The van der Waals surface area contributed by atoms with Crippen molar-refractivity contribution in [1.82, 2.24) is 10.2 Å². The average molecular weight is 268 g/mol. The molecule has 106 valence electrons. The largest absolute Gasteiger partial charge is 0.481 e. The molecule has 1 saturated carbocycles. The van der Waals surface area contributed by atoms with Gasteiger partial charge in [-0.05, 0) is 38.5 Å². The summed E-state index contributed by atoms with van der Waals surface area (Å²) in [5.74, 6) is -1.09. The van der Waals surface area contributed by atoms with E-state index in [1.807, 2.05) is 4.90 Å². The number of rotatable bonds is 3. The fraction of sp³-hybridized carbons (Fsp3) is 0.846. The van der Waals surface area contributed by atoms with Gasteiger partial charge in [0.05, 0.1) is 18.1 Å². The first-order valence-electron chi connectivity index (χ1n) is 6.99. The lowest BCUT2D eigenvalue weighted by Crippen LogP contribution is -2.56. The Morgan fingerprint density at radius 1 is 1.26 bits per heavy atom. The number of carboxylic acid groups (broad SMARTS) is 1. The Morgan fingerprint density at radius 3 is 2.42 bits per heavy atom. The number of hydrogen-bond acceptors (Lipinski definition) is 3. The van der Waals surface area contributed by atoms with Gasteiger partial charge in [0, 0.05) is 12.1 Å². The van der Waals surface area contributed by atoms with Gasteiger partial charge in [0.2, 0.25) is 0 Å². The summed E-state index contributed by atoms with van der Waals surface area (Å²) in [6.45, 7) is 0.0271. The number of hydrogen-bond donors (Lipinski definition) is 3. The van der Waals surface area contributed by atoms with Crippen molar-refractivity contribution in [2.24, 2.45) is 5.92 Å². The van der Waals surface area contributed by atoms with E-state index in [0.717, 1.165) is 25.7 Å². The van der Waals surface area contributed by atoms with Crippen molar-refractivity contribution in [2.45, 2.75) is 56.1 Å². The second kappa shape index (κ2) is 4.37. The van der Waals surface area contributed by atoms with Crippen molar-refractivity contribution in [2.75, 3.05) is 6.61 Å². The standard InChI is InChI=1S/C13H20N2O4/c16-7-13-3-1-10(2-4-13)15(13)12(19)14-9-5-8(6-9)11(17)18/h8-10,16H,1-7H2,(H,14,19)(H,17,18). The van der Waals surface area contributed by atoms with Crippen LogP contribution in [0.4, 0.5) is 4.79 Å². The molecule has 2 saturated heterocycles. The molecule has 0 radical (unpaired) electrons. The summed E-state index contributed by atoms with van der Waals surface area (Å²) in [5, 5.41) is 21.3. The van der Waals surface area contributed by atoms with Gasteiger partial charge in [-0.25, -0.2) is 4.79 Å². The highest BCUT2D eigenvalue weighted by molar-refractivity contribution is 5.78. The highest BCUT2D eigenvalue weighted by Crippen LogP contribution is 2.46. The topological polar surface area (TPSA) is 89.9 Å². The third kappa shape index (κ3) is 1.89. The number of aliphatic hydroxyl groups excluding tert-OH is 1. The summed E-state index contributed by atoms with van der Waals surface area (Å²) in [6, 6.07) is 0.106. The van der Waals surface area contributed by atoms with E-state index >= 15 is 0 Å². The molecule has 3 rings (SSSR count). The molecular formula is C13H20N2O4. The lowest BCUT2D eigenvalue weighted by molar-refractivity contribution is -0.145. The number of nitrogens with zero attached hydrogens (tertiary/aromatic N) is 1. The minimum Gasteiger partial charge on any atom is -0.481 e. The van der Waals surface area contributed by atoms with Gasteiger partial charge in [-0.15, -0.1) is 0 Å². The second-order valence-corrected chi connectivity index (χ2v) is 6.14. The number of nitrogens with one attached hydrogen (secondary N) is 1. The maximum Gasteiger partial charge on any atom is 0.318 e. The van der Waals surface area contributed by atoms with Crippen molar-refractivity contribution < 1.29 is 19.8 Å². The molecule has 0 spiro atoms. The molecule has 0 aromatic carbocycles. The van der Waals surface area contributed by atoms with E-state index in [9.17, 15) is 14.7 Å². The number of carbonyl (C=O) groups excluding carboxylic acids is 1. The van der Waals surface area contributed by atoms with Crippen LogP contribution in [0.15, 0.2) is 0 Å². The Hall–Kier alpha value is -1.30. The van der Waals surface area contributed by atoms with Crippen molar-refractivity contribution >= 4 is 12.0 Å². The molecule has 19 heavy (non-hydrogen) atoms. The Morgan fingerprint density at radius 2 is 1.89 bits per heavy atom. The molecule has 0 unspecified atom stereocenters. The number of carboxylic acids is 1. The Kier molecular flexibility index (Phi) is 2.92. The van der Waals surface area contributed by atoms with Gasteiger partial charge in [0.1, 0.15) is 0 Å². The van der Waals surface area contributed by atoms with Crippen LogP contribution in [-0.4, -0.2) is 51.3 Å². The number of aliphatic hydroxyl groups is 1. The Balaban J connectivity index is 1.58. The fourth-order valence-electron chi connectivity index (χ4n) is 3.82. The molecule has 2 heterocycles. The first-order chi connectivity index (χ1) is 9.05. The molecule has 0 aromatic heterocycles. The fourth-order valence-corrected chi connectivity index (χ4v) is 3.82. The number of urea groups is 1. The summed E-state index contributed by atoms with van der Waals surface area (Å²) in [5.41, 5.74) is -0.356. The third-order valence-corrected chi connectivity index (χ3v) is 5.09. The molecule has 2 aliphatic heterocycles. The monoisotopic (exact) mass is 268 g/mol. The van der Waals surface area contributed by atoms with Crippen LogP contribution in [0.2, 0.25) is 0 Å². The number of carbonyl (C=O) groups is 2. The second-order valence-electron chi connectivity index (χ2n) is 6.14. The van der Waals surface area contributed by atoms with Crippen molar-refractivity contribution in [3.05, 3.63) is 0 Å².